The number of carbonyl (C=O) groups excluding carboxylic acids is 2. The Morgan fingerprint density at radius 1 is 1.27 bits per heavy atom. The van der Waals surface area contributed by atoms with Crippen LogP contribution in [0.5, 0.6) is 0 Å². The highest BCUT2D eigenvalue weighted by Gasteiger charge is 2.34. The van der Waals surface area contributed by atoms with E-state index in [0.717, 1.165) is 35.0 Å². The predicted octanol–water partition coefficient (Wildman–Crippen LogP) is 3.04. The summed E-state index contributed by atoms with van der Waals surface area (Å²) in [6.07, 6.45) is 5.63. The van der Waals surface area contributed by atoms with Gasteiger partial charge in [-0.2, -0.15) is 0 Å². The molecule has 0 aliphatic carbocycles. The number of aromatic amines is 1. The van der Waals surface area contributed by atoms with Gasteiger partial charge in [0.05, 0.1) is 35.3 Å². The van der Waals surface area contributed by atoms with E-state index < -0.39 is 11.8 Å². The minimum atomic E-state index is -0.662. The summed E-state index contributed by atoms with van der Waals surface area (Å²) in [6, 6.07) is 7.55. The molecule has 0 bridgehead atoms. The molecular weight excluding hydrogens is 380 g/mol. The number of aromatic nitrogens is 3. The number of likely N-dealkylation sites (tertiary alicyclic amines) is 1. The molecule has 0 spiro atoms. The van der Waals surface area contributed by atoms with Crippen molar-refractivity contribution in [2.75, 3.05) is 17.6 Å². The Morgan fingerprint density at radius 3 is 2.90 bits per heavy atom. The molecule has 1 fully saturated rings. The maximum absolute atomic E-state index is 13.1. The number of piperidine rings is 1. The Balaban J connectivity index is 1.56. The van der Waals surface area contributed by atoms with Gasteiger partial charge in [0.15, 0.2) is 0 Å². The van der Waals surface area contributed by atoms with Crippen LogP contribution in [0.1, 0.15) is 43.9 Å². The summed E-state index contributed by atoms with van der Waals surface area (Å²) in [7, 11) is 0. The minimum absolute atomic E-state index is 0.150. The van der Waals surface area contributed by atoms with E-state index in [4.69, 9.17) is 5.73 Å². The van der Waals surface area contributed by atoms with Crippen LogP contribution in [0.4, 0.5) is 11.5 Å². The number of pyridine rings is 1. The summed E-state index contributed by atoms with van der Waals surface area (Å²) in [6.45, 7) is 4.60. The van der Waals surface area contributed by atoms with Crippen molar-refractivity contribution >= 4 is 34.4 Å². The monoisotopic (exact) mass is 406 g/mol. The normalized spacial score (nSPS) is 19.1. The number of nitrogen functional groups attached to an aromatic ring is 1. The number of H-pyrrole nitrogens is 1. The summed E-state index contributed by atoms with van der Waals surface area (Å²) in [5.41, 5.74) is 9.93. The van der Waals surface area contributed by atoms with Gasteiger partial charge in [0.25, 0.3) is 0 Å². The molecular formula is C22H26N6O2. The first-order chi connectivity index (χ1) is 14.5. The number of rotatable bonds is 3. The largest absolute Gasteiger partial charge is 0.383 e. The van der Waals surface area contributed by atoms with Crippen LogP contribution in [-0.4, -0.2) is 38.2 Å². The summed E-state index contributed by atoms with van der Waals surface area (Å²) >= 11 is 0. The molecule has 30 heavy (non-hydrogen) atoms. The lowest BCUT2D eigenvalue weighted by Crippen LogP contribution is -2.46. The smallest absolute Gasteiger partial charge is 0.313 e. The predicted molar refractivity (Wildman–Crippen MR) is 116 cm³/mol. The van der Waals surface area contributed by atoms with Crippen LogP contribution in [0.15, 0.2) is 36.8 Å². The van der Waals surface area contributed by atoms with Crippen molar-refractivity contribution < 1.29 is 9.59 Å². The molecule has 3 aromatic rings. The van der Waals surface area contributed by atoms with Gasteiger partial charge in [0, 0.05) is 6.54 Å². The number of nitrogens with zero attached hydrogens (tertiary/aromatic N) is 3. The van der Waals surface area contributed by atoms with Gasteiger partial charge in [-0.1, -0.05) is 19.9 Å². The van der Waals surface area contributed by atoms with E-state index in [2.05, 4.69) is 27.2 Å². The Labute approximate surface area is 174 Å². The van der Waals surface area contributed by atoms with E-state index in [0.29, 0.717) is 30.4 Å². The number of nitrogens with two attached hydrogens (primary N) is 1. The van der Waals surface area contributed by atoms with Crippen LogP contribution < -0.4 is 11.1 Å². The van der Waals surface area contributed by atoms with Crippen molar-refractivity contribution in [2.45, 2.75) is 39.2 Å². The van der Waals surface area contributed by atoms with Crippen molar-refractivity contribution in [3.63, 3.8) is 0 Å². The van der Waals surface area contributed by atoms with Gasteiger partial charge in [0.1, 0.15) is 5.82 Å². The van der Waals surface area contributed by atoms with Gasteiger partial charge in [-0.05, 0) is 54.5 Å². The Bertz CT molecular complexity index is 1090. The molecule has 2 unspecified atom stereocenters. The van der Waals surface area contributed by atoms with Gasteiger partial charge in [0.2, 0.25) is 0 Å². The fourth-order valence-electron chi connectivity index (χ4n) is 4.07. The van der Waals surface area contributed by atoms with Crippen LogP contribution in [0.3, 0.4) is 0 Å². The average molecular weight is 406 g/mol. The third kappa shape index (κ3) is 3.85. The molecule has 0 radical (unpaired) electrons. The standard InChI is InChI=1S/C22H26N6O2/c1-3-14-8-16(10-24-20(14)23)27-21(29)22(30)28-11-13(2)4-7-19(28)15-5-6-17-18(9-15)26-12-25-17/h5-6,8-10,12-13,19H,3-4,7,11H2,1-2H3,(H2,23,24)(H,25,26)(H,27,29). The van der Waals surface area contributed by atoms with Crippen molar-refractivity contribution in [1.29, 1.82) is 0 Å². The maximum Gasteiger partial charge on any atom is 0.313 e. The molecule has 2 atom stereocenters. The van der Waals surface area contributed by atoms with E-state index in [-0.39, 0.29) is 6.04 Å². The fraction of sp³-hybridized carbons (Fsp3) is 0.364. The third-order valence-electron chi connectivity index (χ3n) is 5.74. The Kier molecular flexibility index (Phi) is 5.39. The van der Waals surface area contributed by atoms with Gasteiger partial charge >= 0.3 is 11.8 Å². The van der Waals surface area contributed by atoms with Crippen molar-refractivity contribution in [3.05, 3.63) is 47.9 Å². The number of benzene rings is 1. The van der Waals surface area contributed by atoms with Crippen molar-refractivity contribution in [3.8, 4) is 0 Å². The van der Waals surface area contributed by atoms with Gasteiger partial charge < -0.3 is 20.9 Å². The van der Waals surface area contributed by atoms with E-state index in [9.17, 15) is 9.59 Å². The van der Waals surface area contributed by atoms with E-state index in [1.165, 1.54) is 6.20 Å². The lowest BCUT2D eigenvalue weighted by molar-refractivity contribution is -0.146. The van der Waals surface area contributed by atoms with Crippen LogP contribution in [0.2, 0.25) is 0 Å². The lowest BCUT2D eigenvalue weighted by atomic mass is 9.89. The van der Waals surface area contributed by atoms with Crippen LogP contribution in [0, 0.1) is 5.92 Å². The minimum Gasteiger partial charge on any atom is -0.383 e. The topological polar surface area (TPSA) is 117 Å². The fourth-order valence-corrected chi connectivity index (χ4v) is 4.07. The molecule has 8 nitrogen and oxygen atoms in total. The highest BCUT2D eigenvalue weighted by atomic mass is 16.2. The summed E-state index contributed by atoms with van der Waals surface area (Å²) in [5, 5.41) is 2.69. The molecule has 1 saturated heterocycles. The number of hydrogen-bond donors (Lipinski definition) is 3. The second-order valence-corrected chi connectivity index (χ2v) is 7.91. The van der Waals surface area contributed by atoms with E-state index in [1.807, 2.05) is 25.1 Å². The molecule has 4 rings (SSSR count). The zero-order chi connectivity index (χ0) is 21.3. The molecule has 8 heteroatoms. The van der Waals surface area contributed by atoms with Crippen molar-refractivity contribution in [1.82, 2.24) is 19.9 Å². The van der Waals surface area contributed by atoms with Gasteiger partial charge in [-0.15, -0.1) is 0 Å². The number of aryl methyl sites for hydroxylation is 1. The zero-order valence-electron chi connectivity index (χ0n) is 17.2. The maximum atomic E-state index is 13.1. The molecule has 156 valence electrons. The SMILES string of the molecule is CCc1cc(NC(=O)C(=O)N2CC(C)CCC2c2ccc3nc[nH]c3c2)cnc1N. The van der Waals surface area contributed by atoms with Crippen LogP contribution in [0.25, 0.3) is 11.0 Å². The average Bonchev–Trinajstić information content (AvgIpc) is 3.22. The summed E-state index contributed by atoms with van der Waals surface area (Å²) in [5.74, 6) is -0.434. The second kappa shape index (κ2) is 8.14. The molecule has 2 amide bonds. The number of carbonyl (C=O) groups is 2. The molecule has 4 N–H and O–H groups in total. The Morgan fingerprint density at radius 2 is 2.10 bits per heavy atom. The first-order valence-corrected chi connectivity index (χ1v) is 10.3. The highest BCUT2D eigenvalue weighted by molar-refractivity contribution is 6.39. The number of imidazole rings is 1. The zero-order valence-corrected chi connectivity index (χ0v) is 17.2. The highest BCUT2D eigenvalue weighted by Crippen LogP contribution is 2.34. The summed E-state index contributed by atoms with van der Waals surface area (Å²) in [4.78, 5) is 39.0. The lowest BCUT2D eigenvalue weighted by Gasteiger charge is -2.38. The number of nitrogens with one attached hydrogen (secondary N) is 2. The molecule has 2 aromatic heterocycles. The van der Waals surface area contributed by atoms with E-state index in [1.54, 1.807) is 17.3 Å². The van der Waals surface area contributed by atoms with Gasteiger partial charge in [-0.25, -0.2) is 9.97 Å². The number of hydrogen-bond acceptors (Lipinski definition) is 5. The van der Waals surface area contributed by atoms with Crippen molar-refractivity contribution in [2.24, 2.45) is 5.92 Å². The number of anilines is 2. The second-order valence-electron chi connectivity index (χ2n) is 7.91. The molecule has 1 aliphatic heterocycles. The quantitative estimate of drug-likeness (QED) is 0.578. The molecule has 1 aromatic carbocycles. The Hall–Kier alpha value is -3.42. The third-order valence-corrected chi connectivity index (χ3v) is 5.74. The van der Waals surface area contributed by atoms with E-state index >= 15 is 0 Å². The molecule has 3 heterocycles. The summed E-state index contributed by atoms with van der Waals surface area (Å²) < 4.78 is 0. The van der Waals surface area contributed by atoms with Crippen LogP contribution >= 0.6 is 0 Å². The molecule has 1 aliphatic rings. The number of amides is 2. The van der Waals surface area contributed by atoms with Gasteiger partial charge in [-0.3, -0.25) is 9.59 Å². The first-order valence-electron chi connectivity index (χ1n) is 10.3. The number of fused-ring (bicyclic) bond motifs is 1. The van der Waals surface area contributed by atoms with Crippen LogP contribution in [-0.2, 0) is 16.0 Å². The first kappa shape index (κ1) is 19.9. The molecule has 0 saturated carbocycles.